The minimum atomic E-state index is -0.787. The van der Waals surface area contributed by atoms with Gasteiger partial charge in [0.1, 0.15) is 11.6 Å². The van der Waals surface area contributed by atoms with Crippen molar-refractivity contribution in [2.45, 2.75) is 19.8 Å². The number of piperidine rings is 1. The summed E-state index contributed by atoms with van der Waals surface area (Å²) < 4.78 is 22.6. The molecule has 7 nitrogen and oxygen atoms in total. The second-order valence-electron chi connectivity index (χ2n) is 7.67. The number of nitrogens with one attached hydrogen (secondary N) is 1. The number of halogens is 1. The highest BCUT2D eigenvalue weighted by Gasteiger charge is 2.22. The fraction of sp³-hybridized carbons (Fsp3) is 0.320. The Morgan fingerprint density at radius 3 is 2.36 bits per heavy atom. The van der Waals surface area contributed by atoms with E-state index in [-0.39, 0.29) is 30.2 Å². The SMILES string of the molecule is CCOC(=O)Oc1ccc(C(=O)NCC2CCN(C(=O)/C=C/c3ccc(F)cc3)CC2)cc1. The number of benzene rings is 2. The first kappa shape index (κ1) is 24.0. The van der Waals surface area contributed by atoms with E-state index in [0.717, 1.165) is 18.4 Å². The second kappa shape index (κ2) is 11.8. The van der Waals surface area contributed by atoms with Crippen LogP contribution in [0.3, 0.4) is 0 Å². The van der Waals surface area contributed by atoms with Crippen molar-refractivity contribution in [1.29, 1.82) is 0 Å². The van der Waals surface area contributed by atoms with Gasteiger partial charge in [-0.25, -0.2) is 9.18 Å². The quantitative estimate of drug-likeness (QED) is 0.388. The summed E-state index contributed by atoms with van der Waals surface area (Å²) in [5, 5.41) is 2.93. The summed E-state index contributed by atoms with van der Waals surface area (Å²) in [4.78, 5) is 37.9. The molecule has 0 radical (unpaired) electrons. The Kier molecular flexibility index (Phi) is 8.57. The van der Waals surface area contributed by atoms with E-state index in [0.29, 0.717) is 30.9 Å². The summed E-state index contributed by atoms with van der Waals surface area (Å²) >= 11 is 0. The number of rotatable bonds is 7. The third-order valence-corrected chi connectivity index (χ3v) is 5.35. The Morgan fingerprint density at radius 2 is 1.73 bits per heavy atom. The van der Waals surface area contributed by atoms with Crippen LogP contribution in [-0.2, 0) is 9.53 Å². The zero-order valence-electron chi connectivity index (χ0n) is 18.5. The fourth-order valence-electron chi connectivity index (χ4n) is 3.46. The number of likely N-dealkylation sites (tertiary alicyclic amines) is 1. The lowest BCUT2D eigenvalue weighted by atomic mass is 9.96. The maximum atomic E-state index is 13.0. The van der Waals surface area contributed by atoms with Crippen molar-refractivity contribution in [3.63, 3.8) is 0 Å². The third kappa shape index (κ3) is 7.45. The fourth-order valence-corrected chi connectivity index (χ4v) is 3.46. The highest BCUT2D eigenvalue weighted by Crippen LogP contribution is 2.18. The van der Waals surface area contributed by atoms with Crippen LogP contribution in [0, 0.1) is 11.7 Å². The van der Waals surface area contributed by atoms with Crippen LogP contribution in [0.15, 0.2) is 54.6 Å². The molecule has 0 saturated carbocycles. The zero-order valence-corrected chi connectivity index (χ0v) is 18.5. The molecule has 0 unspecified atom stereocenters. The van der Waals surface area contributed by atoms with Crippen molar-refractivity contribution in [2.24, 2.45) is 5.92 Å². The molecule has 2 aromatic carbocycles. The van der Waals surface area contributed by atoms with Gasteiger partial charge in [-0.2, -0.15) is 0 Å². The van der Waals surface area contributed by atoms with E-state index in [1.54, 1.807) is 42.2 Å². The molecule has 2 amide bonds. The van der Waals surface area contributed by atoms with Gasteiger partial charge in [0.15, 0.2) is 0 Å². The van der Waals surface area contributed by atoms with Gasteiger partial charge < -0.3 is 19.7 Å². The largest absolute Gasteiger partial charge is 0.513 e. The molecule has 2 aromatic rings. The molecule has 0 aromatic heterocycles. The molecular weight excluding hydrogens is 427 g/mol. The predicted molar refractivity (Wildman–Crippen MR) is 121 cm³/mol. The molecule has 33 heavy (non-hydrogen) atoms. The molecule has 1 heterocycles. The Hall–Kier alpha value is -3.68. The maximum Gasteiger partial charge on any atom is 0.513 e. The lowest BCUT2D eigenvalue weighted by Crippen LogP contribution is -2.40. The van der Waals surface area contributed by atoms with Gasteiger partial charge in [-0.15, -0.1) is 0 Å². The molecule has 8 heteroatoms. The number of nitrogens with zero attached hydrogens (tertiary/aromatic N) is 1. The summed E-state index contributed by atoms with van der Waals surface area (Å²) in [6, 6.07) is 12.2. The van der Waals surface area contributed by atoms with Crippen LogP contribution in [0.4, 0.5) is 9.18 Å². The van der Waals surface area contributed by atoms with Crippen molar-refractivity contribution >= 4 is 24.0 Å². The molecule has 1 fully saturated rings. The minimum absolute atomic E-state index is 0.0769. The van der Waals surface area contributed by atoms with Gasteiger partial charge in [0.2, 0.25) is 5.91 Å². The van der Waals surface area contributed by atoms with E-state index in [2.05, 4.69) is 5.32 Å². The molecular formula is C25H27FN2O5. The predicted octanol–water partition coefficient (Wildman–Crippen LogP) is 4.04. The molecule has 1 saturated heterocycles. The number of hydrogen-bond donors (Lipinski definition) is 1. The third-order valence-electron chi connectivity index (χ3n) is 5.35. The molecule has 0 atom stereocenters. The Labute approximate surface area is 192 Å². The van der Waals surface area contributed by atoms with E-state index in [1.165, 1.54) is 30.3 Å². The Bertz CT molecular complexity index is 981. The highest BCUT2D eigenvalue weighted by molar-refractivity contribution is 5.94. The first-order valence-corrected chi connectivity index (χ1v) is 10.9. The van der Waals surface area contributed by atoms with Gasteiger partial charge in [0.05, 0.1) is 6.61 Å². The first-order chi connectivity index (χ1) is 15.9. The second-order valence-corrected chi connectivity index (χ2v) is 7.67. The Balaban J connectivity index is 1.40. The molecule has 1 N–H and O–H groups in total. The molecule has 0 bridgehead atoms. The number of amides is 2. The number of carbonyl (C=O) groups is 3. The van der Waals surface area contributed by atoms with Gasteiger partial charge in [-0.3, -0.25) is 9.59 Å². The van der Waals surface area contributed by atoms with E-state index in [1.807, 2.05) is 0 Å². The summed E-state index contributed by atoms with van der Waals surface area (Å²) in [6.45, 7) is 3.66. The highest BCUT2D eigenvalue weighted by atomic mass is 19.1. The molecule has 0 spiro atoms. The van der Waals surface area contributed by atoms with Crippen molar-refractivity contribution in [3.8, 4) is 5.75 Å². The van der Waals surface area contributed by atoms with Crippen LogP contribution in [0.5, 0.6) is 5.75 Å². The molecule has 174 valence electrons. The first-order valence-electron chi connectivity index (χ1n) is 10.9. The Morgan fingerprint density at radius 1 is 1.06 bits per heavy atom. The van der Waals surface area contributed by atoms with Gasteiger partial charge in [-0.1, -0.05) is 12.1 Å². The molecule has 3 rings (SSSR count). The van der Waals surface area contributed by atoms with Crippen molar-refractivity contribution in [2.75, 3.05) is 26.2 Å². The average molecular weight is 454 g/mol. The molecule has 0 aliphatic carbocycles. The van der Waals surface area contributed by atoms with Crippen molar-refractivity contribution < 1.29 is 28.2 Å². The number of hydrogen-bond acceptors (Lipinski definition) is 5. The average Bonchev–Trinajstić information content (AvgIpc) is 2.83. The van der Waals surface area contributed by atoms with Gasteiger partial charge >= 0.3 is 6.16 Å². The van der Waals surface area contributed by atoms with Crippen molar-refractivity contribution in [3.05, 3.63) is 71.6 Å². The van der Waals surface area contributed by atoms with Crippen LogP contribution in [0.1, 0.15) is 35.7 Å². The lowest BCUT2D eigenvalue weighted by Gasteiger charge is -2.31. The normalized spacial score (nSPS) is 14.2. The van der Waals surface area contributed by atoms with E-state index in [9.17, 15) is 18.8 Å². The van der Waals surface area contributed by atoms with Crippen molar-refractivity contribution in [1.82, 2.24) is 10.2 Å². The summed E-state index contributed by atoms with van der Waals surface area (Å²) in [6.07, 6.45) is 3.98. The van der Waals surface area contributed by atoms with Gasteiger partial charge in [-0.05, 0) is 73.7 Å². The lowest BCUT2D eigenvalue weighted by molar-refractivity contribution is -0.127. The van der Waals surface area contributed by atoms with E-state index < -0.39 is 6.16 Å². The smallest absolute Gasteiger partial charge is 0.434 e. The van der Waals surface area contributed by atoms with Crippen LogP contribution < -0.4 is 10.1 Å². The molecule has 1 aliphatic heterocycles. The minimum Gasteiger partial charge on any atom is -0.434 e. The van der Waals surface area contributed by atoms with Crippen LogP contribution >= 0.6 is 0 Å². The maximum absolute atomic E-state index is 13.0. The zero-order chi connectivity index (χ0) is 23.6. The number of carbonyl (C=O) groups excluding carboxylic acids is 3. The van der Waals surface area contributed by atoms with Crippen LogP contribution in [-0.4, -0.2) is 49.1 Å². The number of ether oxygens (including phenoxy) is 2. The van der Waals surface area contributed by atoms with Crippen LogP contribution in [0.2, 0.25) is 0 Å². The van der Waals surface area contributed by atoms with E-state index in [4.69, 9.17) is 9.47 Å². The van der Waals surface area contributed by atoms with E-state index >= 15 is 0 Å². The monoisotopic (exact) mass is 454 g/mol. The topological polar surface area (TPSA) is 84.9 Å². The molecule has 1 aliphatic rings. The summed E-state index contributed by atoms with van der Waals surface area (Å²) in [7, 11) is 0. The van der Waals surface area contributed by atoms with Gasteiger partial charge in [0.25, 0.3) is 5.91 Å². The van der Waals surface area contributed by atoms with Gasteiger partial charge in [0, 0.05) is 31.3 Å². The van der Waals surface area contributed by atoms with Crippen LogP contribution in [0.25, 0.3) is 6.08 Å². The standard InChI is InChI=1S/C25H27FN2O5/c1-2-32-25(31)33-22-10-6-20(7-11-22)24(30)27-17-19-13-15-28(16-14-19)23(29)12-5-18-3-8-21(26)9-4-18/h3-12,19H,2,13-17H2,1H3,(H,27,30)/b12-5+. The summed E-state index contributed by atoms with van der Waals surface area (Å²) in [5.41, 5.74) is 1.23. The summed E-state index contributed by atoms with van der Waals surface area (Å²) in [5.74, 6) is -0.0148.